The van der Waals surface area contributed by atoms with Gasteiger partial charge in [-0.25, -0.2) is 0 Å². The molecular weight excluding hydrogens is 462 g/mol. The van der Waals surface area contributed by atoms with Gasteiger partial charge in [0.1, 0.15) is 5.01 Å². The van der Waals surface area contributed by atoms with Crippen LogP contribution in [0, 0.1) is 12.8 Å². The summed E-state index contributed by atoms with van der Waals surface area (Å²) in [6, 6.07) is 14.6. The first-order chi connectivity index (χ1) is 16.9. The third-order valence-electron chi connectivity index (χ3n) is 6.29. The Labute approximate surface area is 208 Å². The van der Waals surface area contributed by atoms with Gasteiger partial charge >= 0.3 is 0 Å². The van der Waals surface area contributed by atoms with E-state index in [4.69, 9.17) is 0 Å². The van der Waals surface area contributed by atoms with E-state index in [1.54, 1.807) is 29.2 Å². The molecule has 2 heterocycles. The van der Waals surface area contributed by atoms with Crippen molar-refractivity contribution in [2.24, 2.45) is 5.92 Å². The lowest BCUT2D eigenvalue weighted by Gasteiger charge is -2.18. The molecule has 2 aromatic carbocycles. The summed E-state index contributed by atoms with van der Waals surface area (Å²) in [6.45, 7) is 6.48. The topological polar surface area (TPSA) is 104 Å². The number of nitrogens with zero attached hydrogens (tertiary/aromatic N) is 3. The summed E-state index contributed by atoms with van der Waals surface area (Å²) in [5.41, 5.74) is 2.94. The molecule has 0 radical (unpaired) electrons. The Bertz CT molecular complexity index is 1240. The van der Waals surface area contributed by atoms with Gasteiger partial charge < -0.3 is 10.2 Å². The normalized spacial score (nSPS) is 15.5. The van der Waals surface area contributed by atoms with Crippen molar-refractivity contribution in [3.63, 3.8) is 0 Å². The summed E-state index contributed by atoms with van der Waals surface area (Å²) < 4.78 is 0. The molecule has 1 aromatic heterocycles. The maximum atomic E-state index is 12.8. The molecule has 3 amide bonds. The molecule has 0 spiro atoms. The maximum Gasteiger partial charge on any atom is 0.257 e. The summed E-state index contributed by atoms with van der Waals surface area (Å²) in [4.78, 5) is 39.6. The number of amides is 3. The molecule has 1 unspecified atom stereocenters. The van der Waals surface area contributed by atoms with Crippen LogP contribution >= 0.6 is 11.3 Å². The van der Waals surface area contributed by atoms with E-state index < -0.39 is 0 Å². The highest BCUT2D eigenvalue weighted by molar-refractivity contribution is 7.15. The van der Waals surface area contributed by atoms with Crippen LogP contribution in [-0.4, -0.2) is 34.5 Å². The Morgan fingerprint density at radius 3 is 2.60 bits per heavy atom. The first-order valence-electron chi connectivity index (χ1n) is 11.8. The summed E-state index contributed by atoms with van der Waals surface area (Å²) in [5.74, 6) is -0.467. The van der Waals surface area contributed by atoms with Crippen LogP contribution in [0.3, 0.4) is 0 Å². The van der Waals surface area contributed by atoms with E-state index in [0.29, 0.717) is 29.3 Å². The van der Waals surface area contributed by atoms with Gasteiger partial charge in [-0.05, 0) is 49.6 Å². The van der Waals surface area contributed by atoms with E-state index in [1.807, 2.05) is 45.0 Å². The predicted molar refractivity (Wildman–Crippen MR) is 138 cm³/mol. The van der Waals surface area contributed by atoms with Crippen molar-refractivity contribution in [2.45, 2.75) is 46.0 Å². The first-order valence-corrected chi connectivity index (χ1v) is 12.6. The molecule has 182 valence electrons. The van der Waals surface area contributed by atoms with Gasteiger partial charge in [-0.2, -0.15) is 0 Å². The highest BCUT2D eigenvalue weighted by Crippen LogP contribution is 2.35. The molecular formula is C26H29N5O3S. The molecule has 9 heteroatoms. The molecule has 8 nitrogen and oxygen atoms in total. The Kier molecular flexibility index (Phi) is 7.55. The highest BCUT2D eigenvalue weighted by atomic mass is 32.1. The van der Waals surface area contributed by atoms with Crippen molar-refractivity contribution in [3.05, 3.63) is 64.7 Å². The SMILES string of the molecule is CCC(CC)C(=O)Nc1cccc(C(=O)Nc2nnc(C3CC(=O)N(c4ccccc4C)C3)s2)c1. The lowest BCUT2D eigenvalue weighted by atomic mass is 10.0. The lowest BCUT2D eigenvalue weighted by molar-refractivity contribution is -0.120. The quantitative estimate of drug-likeness (QED) is 0.462. The summed E-state index contributed by atoms with van der Waals surface area (Å²) in [5, 5.41) is 15.1. The van der Waals surface area contributed by atoms with Gasteiger partial charge in [0, 0.05) is 41.7 Å². The van der Waals surface area contributed by atoms with E-state index in [0.717, 1.165) is 29.1 Å². The van der Waals surface area contributed by atoms with Crippen LogP contribution in [0.15, 0.2) is 48.5 Å². The smallest absolute Gasteiger partial charge is 0.257 e. The molecule has 0 saturated carbocycles. The van der Waals surface area contributed by atoms with Crippen LogP contribution in [0.4, 0.5) is 16.5 Å². The van der Waals surface area contributed by atoms with Gasteiger partial charge in [0.25, 0.3) is 5.91 Å². The second kappa shape index (κ2) is 10.8. The number of hydrogen-bond acceptors (Lipinski definition) is 6. The fourth-order valence-corrected chi connectivity index (χ4v) is 5.06. The summed E-state index contributed by atoms with van der Waals surface area (Å²) in [6.07, 6.45) is 1.88. The zero-order valence-corrected chi connectivity index (χ0v) is 20.9. The third kappa shape index (κ3) is 5.57. The number of aryl methyl sites for hydroxylation is 1. The van der Waals surface area contributed by atoms with Crippen molar-refractivity contribution in [1.82, 2.24) is 10.2 Å². The second-order valence-electron chi connectivity index (χ2n) is 8.67. The molecule has 3 aromatic rings. The van der Waals surface area contributed by atoms with Crippen LogP contribution in [0.25, 0.3) is 0 Å². The number of aromatic nitrogens is 2. The monoisotopic (exact) mass is 491 g/mol. The van der Waals surface area contributed by atoms with Crippen molar-refractivity contribution in [2.75, 3.05) is 22.1 Å². The number of nitrogens with one attached hydrogen (secondary N) is 2. The standard InChI is InChI=1S/C26H29N5O3S/c1-4-17(5-2)23(33)27-20-11-8-10-18(13-20)24(34)28-26-30-29-25(35-26)19-14-22(32)31(15-19)21-12-7-6-9-16(21)3/h6-13,17,19H,4-5,14-15H2,1-3H3,(H,27,33)(H,28,30,34). The minimum absolute atomic E-state index is 0.0489. The number of anilines is 3. The number of benzene rings is 2. The molecule has 1 fully saturated rings. The average Bonchev–Trinajstić information content (AvgIpc) is 3.47. The van der Waals surface area contributed by atoms with Gasteiger partial charge in [0.15, 0.2) is 0 Å². The van der Waals surface area contributed by atoms with Gasteiger partial charge in [-0.3, -0.25) is 19.7 Å². The van der Waals surface area contributed by atoms with Gasteiger partial charge in [0.2, 0.25) is 16.9 Å². The first kappa shape index (κ1) is 24.5. The van der Waals surface area contributed by atoms with Crippen LogP contribution in [0.1, 0.15) is 60.0 Å². The lowest BCUT2D eigenvalue weighted by Crippen LogP contribution is -2.25. The van der Waals surface area contributed by atoms with Crippen LogP contribution < -0.4 is 15.5 Å². The Balaban J connectivity index is 1.40. The molecule has 4 rings (SSSR count). The minimum Gasteiger partial charge on any atom is -0.326 e. The molecule has 1 aliphatic heterocycles. The second-order valence-corrected chi connectivity index (χ2v) is 9.68. The minimum atomic E-state index is -0.338. The van der Waals surface area contributed by atoms with E-state index in [2.05, 4.69) is 20.8 Å². The van der Waals surface area contributed by atoms with Crippen molar-refractivity contribution < 1.29 is 14.4 Å². The van der Waals surface area contributed by atoms with Gasteiger partial charge in [-0.15, -0.1) is 10.2 Å². The molecule has 0 aliphatic carbocycles. The fraction of sp³-hybridized carbons (Fsp3) is 0.346. The molecule has 35 heavy (non-hydrogen) atoms. The van der Waals surface area contributed by atoms with Crippen LogP contribution in [0.5, 0.6) is 0 Å². The number of carbonyl (C=O) groups is 3. The fourth-order valence-electron chi connectivity index (χ4n) is 4.23. The number of carbonyl (C=O) groups excluding carboxylic acids is 3. The Morgan fingerprint density at radius 2 is 1.86 bits per heavy atom. The molecule has 2 N–H and O–H groups in total. The van der Waals surface area contributed by atoms with Gasteiger partial charge in [0.05, 0.1) is 0 Å². The number of rotatable bonds is 8. The van der Waals surface area contributed by atoms with Crippen molar-refractivity contribution in [3.8, 4) is 0 Å². The number of para-hydroxylation sites is 1. The van der Waals surface area contributed by atoms with Gasteiger partial charge in [-0.1, -0.05) is 49.4 Å². The van der Waals surface area contributed by atoms with E-state index >= 15 is 0 Å². The molecule has 0 bridgehead atoms. The molecule has 1 atom stereocenters. The summed E-state index contributed by atoms with van der Waals surface area (Å²) >= 11 is 1.28. The average molecular weight is 492 g/mol. The zero-order valence-electron chi connectivity index (χ0n) is 20.1. The van der Waals surface area contributed by atoms with Crippen molar-refractivity contribution in [1.29, 1.82) is 0 Å². The maximum absolute atomic E-state index is 12.8. The molecule has 1 saturated heterocycles. The van der Waals surface area contributed by atoms with E-state index in [-0.39, 0.29) is 29.6 Å². The Hall–Kier alpha value is -3.59. The van der Waals surface area contributed by atoms with Crippen LogP contribution in [0.2, 0.25) is 0 Å². The largest absolute Gasteiger partial charge is 0.326 e. The van der Waals surface area contributed by atoms with Crippen molar-refractivity contribution >= 4 is 45.6 Å². The predicted octanol–water partition coefficient (Wildman–Crippen LogP) is 4.99. The summed E-state index contributed by atoms with van der Waals surface area (Å²) in [7, 11) is 0. The molecule has 1 aliphatic rings. The highest BCUT2D eigenvalue weighted by Gasteiger charge is 2.34. The number of hydrogen-bond donors (Lipinski definition) is 2. The van der Waals surface area contributed by atoms with E-state index in [9.17, 15) is 14.4 Å². The van der Waals surface area contributed by atoms with Crippen LogP contribution in [-0.2, 0) is 9.59 Å². The Morgan fingerprint density at radius 1 is 1.09 bits per heavy atom. The zero-order chi connectivity index (χ0) is 24.9. The van der Waals surface area contributed by atoms with E-state index in [1.165, 1.54) is 11.3 Å². The third-order valence-corrected chi connectivity index (χ3v) is 7.29.